The van der Waals surface area contributed by atoms with Gasteiger partial charge in [-0.15, -0.1) is 23.2 Å². The molecule has 3 aromatic rings. The van der Waals surface area contributed by atoms with Gasteiger partial charge in [0, 0.05) is 16.5 Å². The Bertz CT molecular complexity index is 1380. The van der Waals surface area contributed by atoms with E-state index in [-0.39, 0.29) is 32.0 Å². The number of nitrogens with two attached hydrogens (primary N) is 1. The minimum absolute atomic E-state index is 0.0113. The Morgan fingerprint density at radius 1 is 0.972 bits per heavy atom. The number of amides is 1. The number of hydrogen-bond donors (Lipinski definition) is 4. The third kappa shape index (κ3) is 4.90. The highest BCUT2D eigenvalue weighted by molar-refractivity contribution is 6.53. The van der Waals surface area contributed by atoms with Crippen LogP contribution in [0, 0.1) is 23.4 Å². The van der Waals surface area contributed by atoms with Gasteiger partial charge in [-0.25, -0.2) is 13.2 Å². The molecule has 3 aromatic carbocycles. The van der Waals surface area contributed by atoms with Crippen molar-refractivity contribution in [2.75, 3.05) is 16.4 Å². The lowest BCUT2D eigenvalue weighted by molar-refractivity contribution is -0.117. The largest absolute Gasteiger partial charge is 0.394 e. The van der Waals surface area contributed by atoms with Crippen LogP contribution in [0.3, 0.4) is 0 Å². The van der Waals surface area contributed by atoms with E-state index < -0.39 is 51.4 Å². The zero-order valence-electron chi connectivity index (χ0n) is 17.7. The van der Waals surface area contributed by atoms with Gasteiger partial charge >= 0.3 is 0 Å². The number of benzene rings is 3. The van der Waals surface area contributed by atoms with Crippen molar-refractivity contribution in [2.24, 2.45) is 5.92 Å². The number of carbonyl (C=O) groups excluding carboxylic acids is 1. The lowest BCUT2D eigenvalue weighted by Gasteiger charge is -2.20. The summed E-state index contributed by atoms with van der Waals surface area (Å²) in [5.74, 6) is -4.94. The molecule has 1 fully saturated rings. The maximum absolute atomic E-state index is 14.3. The average Bonchev–Trinajstić information content (AvgIpc) is 3.40. The number of rotatable bonds is 6. The van der Waals surface area contributed by atoms with E-state index in [2.05, 4.69) is 10.6 Å². The smallest absolute Gasteiger partial charge is 0.231 e. The molecule has 3 unspecified atom stereocenters. The molecule has 4 rings (SSSR count). The van der Waals surface area contributed by atoms with Crippen molar-refractivity contribution in [3.8, 4) is 0 Å². The molecule has 0 aromatic heterocycles. The third-order valence-corrected chi connectivity index (χ3v) is 7.68. The lowest BCUT2D eigenvalue weighted by Crippen LogP contribution is -2.19. The summed E-state index contributed by atoms with van der Waals surface area (Å²) in [7, 11) is 0. The van der Waals surface area contributed by atoms with Crippen LogP contribution < -0.4 is 16.4 Å². The molecule has 1 saturated carbocycles. The van der Waals surface area contributed by atoms with Gasteiger partial charge in [0.05, 0.1) is 27.3 Å². The van der Waals surface area contributed by atoms with Crippen LogP contribution in [0.5, 0.6) is 0 Å². The fraction of sp³-hybridized carbons (Fsp3) is 0.174. The first-order valence-corrected chi connectivity index (χ1v) is 12.0. The number of nitrogen functional groups attached to an aromatic ring is 1. The first kappa shape index (κ1) is 27.0. The van der Waals surface area contributed by atoms with E-state index in [1.54, 1.807) is 0 Å². The molecule has 0 heterocycles. The molecule has 36 heavy (non-hydrogen) atoms. The van der Waals surface area contributed by atoms with Crippen LogP contribution >= 0.6 is 58.0 Å². The summed E-state index contributed by atoms with van der Waals surface area (Å²) >= 11 is 31.1. The zero-order valence-corrected chi connectivity index (χ0v) is 21.5. The quantitative estimate of drug-likeness (QED) is 0.136. The van der Waals surface area contributed by atoms with Crippen molar-refractivity contribution in [2.45, 2.75) is 16.5 Å². The van der Waals surface area contributed by atoms with Gasteiger partial charge in [0.1, 0.15) is 21.7 Å². The summed E-state index contributed by atoms with van der Waals surface area (Å²) in [6.45, 7) is 0. The SMILES string of the molecule is Nc1c(F)ccc(NC(O)c2c(Cl)ccc(NC(=O)C3C(c4ccc(F)c(Cl)c4)C3(Cl)Cl)c2Cl)c1F. The molecular weight excluding hydrogens is 585 g/mol. The first-order valence-electron chi connectivity index (χ1n) is 10.1. The molecule has 0 bridgehead atoms. The van der Waals surface area contributed by atoms with Gasteiger partial charge in [0.25, 0.3) is 0 Å². The second-order valence-corrected chi connectivity index (χ2v) is 10.6. The van der Waals surface area contributed by atoms with E-state index in [4.69, 9.17) is 63.7 Å². The molecule has 190 valence electrons. The van der Waals surface area contributed by atoms with Crippen LogP contribution in [-0.4, -0.2) is 15.3 Å². The third-order valence-electron chi connectivity index (χ3n) is 5.72. The number of halogens is 8. The van der Waals surface area contributed by atoms with Crippen molar-refractivity contribution >= 4 is 81.0 Å². The van der Waals surface area contributed by atoms with E-state index in [0.717, 1.165) is 18.2 Å². The second kappa shape index (κ2) is 10.0. The number of alkyl halides is 2. The van der Waals surface area contributed by atoms with E-state index in [1.165, 1.54) is 24.3 Å². The zero-order chi connectivity index (χ0) is 26.5. The van der Waals surface area contributed by atoms with E-state index in [9.17, 15) is 23.1 Å². The van der Waals surface area contributed by atoms with E-state index >= 15 is 0 Å². The lowest BCUT2D eigenvalue weighted by atomic mass is 10.1. The number of anilines is 3. The van der Waals surface area contributed by atoms with Crippen LogP contribution in [0.4, 0.5) is 30.2 Å². The van der Waals surface area contributed by atoms with Crippen molar-refractivity contribution in [3.63, 3.8) is 0 Å². The molecule has 5 nitrogen and oxygen atoms in total. The van der Waals surface area contributed by atoms with Gasteiger partial charge in [-0.3, -0.25) is 4.79 Å². The molecule has 0 radical (unpaired) electrons. The summed E-state index contributed by atoms with van der Waals surface area (Å²) in [6.07, 6.45) is -1.67. The van der Waals surface area contributed by atoms with Crippen LogP contribution in [-0.2, 0) is 4.79 Å². The van der Waals surface area contributed by atoms with Crippen molar-refractivity contribution < 1.29 is 23.1 Å². The van der Waals surface area contributed by atoms with Gasteiger partial charge in [0.2, 0.25) is 5.91 Å². The number of nitrogens with one attached hydrogen (secondary N) is 2. The van der Waals surface area contributed by atoms with Gasteiger partial charge in [0.15, 0.2) is 12.0 Å². The molecule has 1 aliphatic carbocycles. The molecule has 3 atom stereocenters. The second-order valence-electron chi connectivity index (χ2n) is 7.98. The summed E-state index contributed by atoms with van der Waals surface area (Å²) in [5, 5.41) is 15.3. The standard InChI is InChI=1S/C23H15Cl5F3N3O2/c24-9-2-5-13(18(26)15(9)21(35)34-14-6-4-12(30)20(32)19(14)31)33-22(36)17-16(23(17,27)28)8-1-3-11(29)10(25)7-8/h1-7,16-17,21,34-35H,32H2,(H,33,36). The van der Waals surface area contributed by atoms with Crippen molar-refractivity contribution in [1.29, 1.82) is 0 Å². The number of aliphatic hydroxyl groups is 1. The number of aliphatic hydroxyl groups excluding tert-OH is 1. The van der Waals surface area contributed by atoms with Gasteiger partial charge in [-0.2, -0.15) is 0 Å². The molecule has 13 heteroatoms. The van der Waals surface area contributed by atoms with Crippen LogP contribution in [0.1, 0.15) is 23.3 Å². The predicted octanol–water partition coefficient (Wildman–Crippen LogP) is 7.28. The maximum atomic E-state index is 14.3. The fourth-order valence-electron chi connectivity index (χ4n) is 3.80. The van der Waals surface area contributed by atoms with Crippen molar-refractivity contribution in [1.82, 2.24) is 0 Å². The summed E-state index contributed by atoms with van der Waals surface area (Å²) in [4.78, 5) is 13.0. The van der Waals surface area contributed by atoms with Gasteiger partial charge < -0.3 is 21.5 Å². The highest BCUT2D eigenvalue weighted by atomic mass is 35.5. The Kier molecular flexibility index (Phi) is 7.50. The molecule has 1 aliphatic rings. The molecular formula is C23H15Cl5F3N3O2. The molecule has 0 spiro atoms. The molecule has 0 saturated heterocycles. The maximum Gasteiger partial charge on any atom is 0.231 e. The minimum atomic E-state index is -1.67. The minimum Gasteiger partial charge on any atom is -0.394 e. The average molecular weight is 600 g/mol. The Labute approximate surface area is 228 Å². The van der Waals surface area contributed by atoms with Gasteiger partial charge in [-0.1, -0.05) is 40.9 Å². The van der Waals surface area contributed by atoms with Crippen LogP contribution in [0.25, 0.3) is 0 Å². The van der Waals surface area contributed by atoms with E-state index in [0.29, 0.717) is 5.56 Å². The van der Waals surface area contributed by atoms with Crippen molar-refractivity contribution in [3.05, 3.63) is 86.1 Å². The Morgan fingerprint density at radius 3 is 2.28 bits per heavy atom. The molecule has 5 N–H and O–H groups in total. The topological polar surface area (TPSA) is 87.4 Å². The van der Waals surface area contributed by atoms with Crippen LogP contribution in [0.2, 0.25) is 15.1 Å². The molecule has 1 amide bonds. The Hall–Kier alpha value is -2.07. The summed E-state index contributed by atoms with van der Waals surface area (Å²) < 4.78 is 39.7. The number of hydrogen-bond acceptors (Lipinski definition) is 4. The monoisotopic (exact) mass is 597 g/mol. The summed E-state index contributed by atoms with van der Waals surface area (Å²) in [6, 6.07) is 8.58. The number of carbonyl (C=O) groups is 1. The first-order chi connectivity index (χ1) is 16.8. The predicted molar refractivity (Wildman–Crippen MR) is 137 cm³/mol. The summed E-state index contributed by atoms with van der Waals surface area (Å²) in [5.41, 5.74) is 4.71. The fourth-order valence-corrected chi connectivity index (χ4v) is 5.44. The normalized spacial score (nSPS) is 19.0. The van der Waals surface area contributed by atoms with Crippen LogP contribution in [0.15, 0.2) is 42.5 Å². The van der Waals surface area contributed by atoms with E-state index in [1.807, 2.05) is 0 Å². The Balaban J connectivity index is 1.56. The molecule has 0 aliphatic heterocycles. The Morgan fingerprint density at radius 2 is 1.61 bits per heavy atom. The highest BCUT2D eigenvalue weighted by Gasteiger charge is 2.67. The highest BCUT2D eigenvalue weighted by Crippen LogP contribution is 2.65. The van der Waals surface area contributed by atoms with Gasteiger partial charge in [-0.05, 0) is 42.0 Å².